The van der Waals surface area contributed by atoms with Crippen LogP contribution in [0.15, 0.2) is 47.6 Å². The number of imidazole rings is 1. The first kappa shape index (κ1) is 19.9. The average Bonchev–Trinajstić information content (AvgIpc) is 3.13. The number of amides is 1. The second kappa shape index (κ2) is 9.89. The molecule has 0 saturated carbocycles. The van der Waals surface area contributed by atoms with Crippen LogP contribution in [0.25, 0.3) is 11.0 Å². The fourth-order valence-corrected chi connectivity index (χ4v) is 3.22. The number of aromatic nitrogens is 2. The Kier molecular flexibility index (Phi) is 7.02. The molecule has 0 aliphatic heterocycles. The number of nitrogens with zero attached hydrogens (tertiary/aromatic N) is 1. The van der Waals surface area contributed by atoms with E-state index in [4.69, 9.17) is 14.2 Å². The van der Waals surface area contributed by atoms with Gasteiger partial charge < -0.3 is 24.5 Å². The molecule has 0 saturated heterocycles. The van der Waals surface area contributed by atoms with Gasteiger partial charge in [0.15, 0.2) is 5.16 Å². The summed E-state index contributed by atoms with van der Waals surface area (Å²) in [4.78, 5) is 19.6. The van der Waals surface area contributed by atoms with Crippen LogP contribution in [0, 0.1) is 0 Å². The van der Waals surface area contributed by atoms with Crippen LogP contribution >= 0.6 is 11.8 Å². The summed E-state index contributed by atoms with van der Waals surface area (Å²) >= 11 is 1.35. The fraction of sp³-hybridized carbons (Fsp3) is 0.300. The molecule has 1 aromatic heterocycles. The number of carbonyl (C=O) groups excluding carboxylic acids is 1. The summed E-state index contributed by atoms with van der Waals surface area (Å²) in [5.74, 6) is 2.52. The van der Waals surface area contributed by atoms with Gasteiger partial charge in [0.05, 0.1) is 37.0 Å². The van der Waals surface area contributed by atoms with E-state index in [1.807, 2.05) is 49.4 Å². The smallest absolute Gasteiger partial charge is 0.230 e. The van der Waals surface area contributed by atoms with Crippen molar-refractivity contribution < 1.29 is 19.0 Å². The molecular weight excluding hydrogens is 378 g/mol. The van der Waals surface area contributed by atoms with Gasteiger partial charge in [-0.3, -0.25) is 4.79 Å². The van der Waals surface area contributed by atoms with Gasteiger partial charge in [-0.05, 0) is 43.3 Å². The molecule has 2 N–H and O–H groups in total. The molecule has 3 aromatic rings. The average molecular weight is 401 g/mol. The third kappa shape index (κ3) is 5.56. The molecule has 0 unspecified atom stereocenters. The number of fused-ring (bicyclic) bond motifs is 1. The van der Waals surface area contributed by atoms with Crippen molar-refractivity contribution in [2.75, 3.05) is 32.6 Å². The van der Waals surface area contributed by atoms with Crippen LogP contribution in [0.3, 0.4) is 0 Å². The van der Waals surface area contributed by atoms with Crippen molar-refractivity contribution in [1.29, 1.82) is 0 Å². The number of hydrogen-bond acceptors (Lipinski definition) is 6. The van der Waals surface area contributed by atoms with Crippen LogP contribution in [0.2, 0.25) is 0 Å². The van der Waals surface area contributed by atoms with Gasteiger partial charge in [0.2, 0.25) is 5.91 Å². The number of thioether (sulfide) groups is 1. The highest BCUT2D eigenvalue weighted by molar-refractivity contribution is 7.99. The minimum Gasteiger partial charge on any atom is -0.497 e. The highest BCUT2D eigenvalue weighted by atomic mass is 32.2. The lowest BCUT2D eigenvalue weighted by molar-refractivity contribution is -0.118. The molecule has 0 spiro atoms. The number of benzene rings is 2. The second-order valence-electron chi connectivity index (χ2n) is 5.82. The molecule has 3 rings (SSSR count). The lowest BCUT2D eigenvalue weighted by Gasteiger charge is -2.08. The molecule has 0 radical (unpaired) electrons. The third-order valence-electron chi connectivity index (χ3n) is 3.83. The predicted octanol–water partition coefficient (Wildman–Crippen LogP) is 3.26. The van der Waals surface area contributed by atoms with Gasteiger partial charge in [0, 0.05) is 6.07 Å². The first-order valence-electron chi connectivity index (χ1n) is 8.97. The molecule has 0 bridgehead atoms. The monoisotopic (exact) mass is 401 g/mol. The van der Waals surface area contributed by atoms with Gasteiger partial charge in [-0.1, -0.05) is 11.8 Å². The zero-order valence-corrected chi connectivity index (χ0v) is 16.7. The SMILES string of the molecule is CCOc1ccc(OCCNC(=O)CSc2nc3ccc(OC)cc3[nH]2)cc1. The number of hydrogen-bond donors (Lipinski definition) is 2. The zero-order valence-electron chi connectivity index (χ0n) is 15.9. The van der Waals surface area contributed by atoms with Crippen LogP contribution in [-0.2, 0) is 4.79 Å². The van der Waals surface area contributed by atoms with Crippen molar-refractivity contribution in [1.82, 2.24) is 15.3 Å². The quantitative estimate of drug-likeness (QED) is 0.401. The van der Waals surface area contributed by atoms with E-state index in [0.29, 0.717) is 24.9 Å². The Hall–Kier alpha value is -2.87. The largest absolute Gasteiger partial charge is 0.497 e. The molecule has 1 heterocycles. The topological polar surface area (TPSA) is 85.5 Å². The highest BCUT2D eigenvalue weighted by Gasteiger charge is 2.08. The number of nitrogens with one attached hydrogen (secondary N) is 2. The second-order valence-corrected chi connectivity index (χ2v) is 6.78. The molecule has 8 heteroatoms. The molecule has 1 amide bonds. The number of ether oxygens (including phenoxy) is 3. The summed E-state index contributed by atoms with van der Waals surface area (Å²) in [6.07, 6.45) is 0. The zero-order chi connectivity index (χ0) is 19.8. The summed E-state index contributed by atoms with van der Waals surface area (Å²) in [6.45, 7) is 3.40. The van der Waals surface area contributed by atoms with Gasteiger partial charge in [-0.2, -0.15) is 0 Å². The number of methoxy groups -OCH3 is 1. The van der Waals surface area contributed by atoms with Crippen molar-refractivity contribution in [2.24, 2.45) is 0 Å². The van der Waals surface area contributed by atoms with Crippen LogP contribution in [-0.4, -0.2) is 48.5 Å². The Bertz CT molecular complexity index is 911. The van der Waals surface area contributed by atoms with Gasteiger partial charge >= 0.3 is 0 Å². The minimum absolute atomic E-state index is 0.0710. The van der Waals surface area contributed by atoms with Crippen molar-refractivity contribution >= 4 is 28.7 Å². The number of aromatic amines is 1. The molecule has 0 fully saturated rings. The van der Waals surface area contributed by atoms with E-state index >= 15 is 0 Å². The van der Waals surface area contributed by atoms with Crippen molar-refractivity contribution in [3.8, 4) is 17.2 Å². The van der Waals surface area contributed by atoms with E-state index in [-0.39, 0.29) is 11.7 Å². The van der Waals surface area contributed by atoms with E-state index in [1.54, 1.807) is 7.11 Å². The van der Waals surface area contributed by atoms with Gasteiger partial charge in [0.25, 0.3) is 0 Å². The predicted molar refractivity (Wildman–Crippen MR) is 109 cm³/mol. The molecule has 148 valence electrons. The van der Waals surface area contributed by atoms with Crippen molar-refractivity contribution in [3.05, 3.63) is 42.5 Å². The lowest BCUT2D eigenvalue weighted by Crippen LogP contribution is -2.29. The number of H-pyrrole nitrogens is 1. The van der Waals surface area contributed by atoms with E-state index < -0.39 is 0 Å². The summed E-state index contributed by atoms with van der Waals surface area (Å²) < 4.78 is 16.2. The minimum atomic E-state index is -0.0710. The fourth-order valence-electron chi connectivity index (χ4n) is 2.50. The van der Waals surface area contributed by atoms with Crippen LogP contribution in [0.4, 0.5) is 0 Å². The summed E-state index contributed by atoms with van der Waals surface area (Å²) in [5.41, 5.74) is 1.72. The molecule has 0 atom stereocenters. The van der Waals surface area contributed by atoms with Crippen LogP contribution < -0.4 is 19.5 Å². The number of carbonyl (C=O) groups is 1. The molecular formula is C20H23N3O4S. The molecule has 0 aliphatic carbocycles. The maximum Gasteiger partial charge on any atom is 0.230 e. The van der Waals surface area contributed by atoms with E-state index in [2.05, 4.69) is 15.3 Å². The normalized spacial score (nSPS) is 10.6. The van der Waals surface area contributed by atoms with Crippen LogP contribution in [0.1, 0.15) is 6.92 Å². The Labute approximate surface area is 167 Å². The maximum absolute atomic E-state index is 12.0. The number of rotatable bonds is 10. The molecule has 0 aliphatic rings. The Morgan fingerprint density at radius 3 is 2.54 bits per heavy atom. The van der Waals surface area contributed by atoms with Crippen molar-refractivity contribution in [3.63, 3.8) is 0 Å². The van der Waals surface area contributed by atoms with Gasteiger partial charge in [-0.15, -0.1) is 0 Å². The van der Waals surface area contributed by atoms with Crippen molar-refractivity contribution in [2.45, 2.75) is 12.1 Å². The summed E-state index contributed by atoms with van der Waals surface area (Å²) in [5, 5.41) is 3.53. The molecule has 28 heavy (non-hydrogen) atoms. The summed E-state index contributed by atoms with van der Waals surface area (Å²) in [7, 11) is 1.62. The van der Waals surface area contributed by atoms with Crippen LogP contribution in [0.5, 0.6) is 17.2 Å². The van der Waals surface area contributed by atoms with E-state index in [9.17, 15) is 4.79 Å². The van der Waals surface area contributed by atoms with E-state index in [0.717, 1.165) is 28.3 Å². The molecule has 2 aromatic carbocycles. The van der Waals surface area contributed by atoms with Gasteiger partial charge in [0.1, 0.15) is 23.9 Å². The standard InChI is InChI=1S/C20H23N3O4S/c1-3-26-14-4-6-15(7-5-14)27-11-10-21-19(24)13-28-20-22-17-9-8-16(25-2)12-18(17)23-20/h4-9,12H,3,10-11,13H2,1-2H3,(H,21,24)(H,22,23). The van der Waals surface area contributed by atoms with E-state index in [1.165, 1.54) is 11.8 Å². The highest BCUT2D eigenvalue weighted by Crippen LogP contribution is 2.23. The molecule has 7 nitrogen and oxygen atoms in total. The maximum atomic E-state index is 12.0. The summed E-state index contributed by atoms with van der Waals surface area (Å²) in [6, 6.07) is 13.0. The Morgan fingerprint density at radius 1 is 1.11 bits per heavy atom. The third-order valence-corrected chi connectivity index (χ3v) is 4.71. The lowest BCUT2D eigenvalue weighted by atomic mass is 10.3. The van der Waals surface area contributed by atoms with Gasteiger partial charge in [-0.25, -0.2) is 4.98 Å². The first-order chi connectivity index (χ1) is 13.7. The first-order valence-corrected chi connectivity index (χ1v) is 9.95. The Morgan fingerprint density at radius 2 is 1.82 bits per heavy atom. The Balaban J connectivity index is 1.37.